The number of ether oxygens (including phenoxy) is 2. The molecule has 0 aromatic carbocycles. The number of hydrogen-bond donors (Lipinski definition) is 4. The largest absolute Gasteiger partial charge is 0.462 e. The van der Waals surface area contributed by atoms with E-state index < -0.39 is 23.7 Å². The zero-order chi connectivity index (χ0) is 18.6. The number of imidazole rings is 1. The Hall–Kier alpha value is -2.50. The lowest BCUT2D eigenvalue weighted by molar-refractivity contribution is -0.153. The van der Waals surface area contributed by atoms with Crippen LogP contribution in [-0.2, 0) is 21.0 Å². The SMILES string of the molecule is CC(C)C(N)C(=O)OC[C@H](CO)OCn1cnc2c(=O)[nH]c(N)nc21. The van der Waals surface area contributed by atoms with Gasteiger partial charge in [-0.2, -0.15) is 4.98 Å². The molecule has 0 aliphatic rings. The molecule has 0 amide bonds. The van der Waals surface area contributed by atoms with E-state index in [1.807, 2.05) is 0 Å². The maximum atomic E-state index is 11.7. The molecule has 25 heavy (non-hydrogen) atoms. The molecule has 2 rings (SSSR count). The van der Waals surface area contributed by atoms with Crippen LogP contribution in [0, 0.1) is 5.92 Å². The molecule has 2 aromatic rings. The normalized spacial score (nSPS) is 14.0. The summed E-state index contributed by atoms with van der Waals surface area (Å²) < 4.78 is 12.0. The third-order valence-electron chi connectivity index (χ3n) is 3.55. The third kappa shape index (κ3) is 4.53. The zero-order valence-corrected chi connectivity index (χ0v) is 14.0. The Morgan fingerprint density at radius 2 is 2.20 bits per heavy atom. The number of nitrogens with zero attached hydrogens (tertiary/aromatic N) is 3. The van der Waals surface area contributed by atoms with Crippen LogP contribution in [0.2, 0.25) is 0 Å². The molecule has 0 aliphatic heterocycles. The van der Waals surface area contributed by atoms with Crippen LogP contribution in [0.15, 0.2) is 11.1 Å². The summed E-state index contributed by atoms with van der Waals surface area (Å²) >= 11 is 0. The molecule has 2 heterocycles. The molecule has 2 atom stereocenters. The second-order valence-electron chi connectivity index (χ2n) is 5.84. The van der Waals surface area contributed by atoms with Gasteiger partial charge in [0, 0.05) is 0 Å². The first-order chi connectivity index (χ1) is 11.8. The van der Waals surface area contributed by atoms with Crippen LogP contribution in [0.5, 0.6) is 0 Å². The first kappa shape index (κ1) is 18.8. The smallest absolute Gasteiger partial charge is 0.323 e. The molecule has 11 nitrogen and oxygen atoms in total. The van der Waals surface area contributed by atoms with Gasteiger partial charge in [0.25, 0.3) is 5.56 Å². The highest BCUT2D eigenvalue weighted by molar-refractivity contribution is 5.75. The van der Waals surface area contributed by atoms with Crippen molar-refractivity contribution in [1.82, 2.24) is 19.5 Å². The predicted octanol–water partition coefficient (Wildman–Crippen LogP) is -1.44. The summed E-state index contributed by atoms with van der Waals surface area (Å²) in [5, 5.41) is 9.35. The second kappa shape index (κ2) is 8.05. The van der Waals surface area contributed by atoms with Gasteiger partial charge in [-0.05, 0) is 5.92 Å². The number of anilines is 1. The number of hydrogen-bond acceptors (Lipinski definition) is 9. The Balaban J connectivity index is 1.97. The van der Waals surface area contributed by atoms with Crippen LogP contribution in [0.3, 0.4) is 0 Å². The number of fused-ring (bicyclic) bond motifs is 1. The maximum Gasteiger partial charge on any atom is 0.323 e. The number of nitrogen functional groups attached to an aromatic ring is 1. The standard InChI is InChI=1S/C14H22N6O5/c1-7(2)9(15)13(23)24-4-8(3-21)25-6-20-5-17-10-11(20)18-14(16)19-12(10)22/h5,7-9,21H,3-4,6,15H2,1-2H3,(H3,16,18,19,22)/t8-,9?/m0/s1. The number of aliphatic hydroxyl groups is 1. The van der Waals surface area contributed by atoms with Crippen LogP contribution in [0.25, 0.3) is 11.2 Å². The molecule has 138 valence electrons. The minimum atomic E-state index is -0.764. The Kier molecular flexibility index (Phi) is 6.07. The number of aliphatic hydroxyl groups excluding tert-OH is 1. The van der Waals surface area contributed by atoms with Gasteiger partial charge in [-0.15, -0.1) is 0 Å². The summed E-state index contributed by atoms with van der Waals surface area (Å²) in [6.07, 6.45) is 0.599. The molecule has 2 aromatic heterocycles. The van der Waals surface area contributed by atoms with E-state index >= 15 is 0 Å². The Morgan fingerprint density at radius 1 is 1.48 bits per heavy atom. The van der Waals surface area contributed by atoms with E-state index in [2.05, 4.69) is 15.0 Å². The number of esters is 1. The van der Waals surface area contributed by atoms with Gasteiger partial charge in [0.1, 0.15) is 25.5 Å². The van der Waals surface area contributed by atoms with Gasteiger partial charge >= 0.3 is 5.97 Å². The topological polar surface area (TPSA) is 171 Å². The minimum Gasteiger partial charge on any atom is -0.462 e. The van der Waals surface area contributed by atoms with Gasteiger partial charge in [-0.3, -0.25) is 19.1 Å². The number of aromatic nitrogens is 4. The molecule has 0 aliphatic carbocycles. The first-order valence-electron chi connectivity index (χ1n) is 7.68. The molecule has 1 unspecified atom stereocenters. The average Bonchev–Trinajstić information content (AvgIpc) is 2.97. The molecule has 0 saturated carbocycles. The van der Waals surface area contributed by atoms with Crippen LogP contribution in [0.1, 0.15) is 13.8 Å². The fourth-order valence-corrected chi connectivity index (χ4v) is 1.95. The van der Waals surface area contributed by atoms with Crippen molar-refractivity contribution in [2.24, 2.45) is 11.7 Å². The fraction of sp³-hybridized carbons (Fsp3) is 0.571. The zero-order valence-electron chi connectivity index (χ0n) is 14.0. The van der Waals surface area contributed by atoms with Gasteiger partial charge < -0.3 is 26.0 Å². The molecule has 0 fully saturated rings. The van der Waals surface area contributed by atoms with Gasteiger partial charge in [0.05, 0.1) is 12.9 Å². The number of carbonyl (C=O) groups excluding carboxylic acids is 1. The second-order valence-corrected chi connectivity index (χ2v) is 5.84. The Morgan fingerprint density at radius 3 is 2.84 bits per heavy atom. The molecule has 0 saturated heterocycles. The number of H-pyrrole nitrogens is 1. The molecule has 11 heteroatoms. The van der Waals surface area contributed by atoms with Crippen molar-refractivity contribution in [2.45, 2.75) is 32.7 Å². The van der Waals surface area contributed by atoms with E-state index in [-0.39, 0.29) is 43.0 Å². The van der Waals surface area contributed by atoms with Crippen molar-refractivity contribution in [3.05, 3.63) is 16.7 Å². The van der Waals surface area contributed by atoms with Crippen LogP contribution >= 0.6 is 0 Å². The van der Waals surface area contributed by atoms with Crippen molar-refractivity contribution in [3.8, 4) is 0 Å². The summed E-state index contributed by atoms with van der Waals surface area (Å²) in [5.74, 6) is -0.673. The molecule has 0 spiro atoms. The van der Waals surface area contributed by atoms with E-state index in [1.165, 1.54) is 10.9 Å². The van der Waals surface area contributed by atoms with Crippen LogP contribution in [0.4, 0.5) is 5.95 Å². The monoisotopic (exact) mass is 354 g/mol. The van der Waals surface area contributed by atoms with Crippen molar-refractivity contribution in [3.63, 3.8) is 0 Å². The van der Waals surface area contributed by atoms with Gasteiger partial charge in [-0.1, -0.05) is 13.8 Å². The lowest BCUT2D eigenvalue weighted by atomic mass is 10.1. The number of aromatic amines is 1. The molecular weight excluding hydrogens is 332 g/mol. The summed E-state index contributed by atoms with van der Waals surface area (Å²) in [6.45, 7) is 3.02. The van der Waals surface area contributed by atoms with Crippen LogP contribution < -0.4 is 17.0 Å². The number of nitrogens with two attached hydrogens (primary N) is 2. The summed E-state index contributed by atoms with van der Waals surface area (Å²) in [4.78, 5) is 33.7. The van der Waals surface area contributed by atoms with E-state index in [4.69, 9.17) is 20.9 Å². The highest BCUT2D eigenvalue weighted by atomic mass is 16.6. The molecule has 6 N–H and O–H groups in total. The van der Waals surface area contributed by atoms with Gasteiger partial charge in [0.15, 0.2) is 11.2 Å². The average molecular weight is 354 g/mol. The van der Waals surface area contributed by atoms with E-state index in [0.717, 1.165) is 0 Å². The van der Waals surface area contributed by atoms with Crippen molar-refractivity contribution in [2.75, 3.05) is 18.9 Å². The highest BCUT2D eigenvalue weighted by Crippen LogP contribution is 2.08. The quantitative estimate of drug-likeness (QED) is 0.414. The lowest BCUT2D eigenvalue weighted by Crippen LogP contribution is -2.39. The first-order valence-corrected chi connectivity index (χ1v) is 7.68. The molecule has 0 bridgehead atoms. The van der Waals surface area contributed by atoms with Crippen molar-refractivity contribution >= 4 is 23.1 Å². The van der Waals surface area contributed by atoms with Gasteiger partial charge in [-0.25, -0.2) is 4.98 Å². The van der Waals surface area contributed by atoms with E-state index in [1.54, 1.807) is 13.8 Å². The highest BCUT2D eigenvalue weighted by Gasteiger charge is 2.21. The van der Waals surface area contributed by atoms with Crippen molar-refractivity contribution in [1.29, 1.82) is 0 Å². The number of rotatable bonds is 8. The Labute approximate surface area is 142 Å². The summed E-state index contributed by atoms with van der Waals surface area (Å²) in [7, 11) is 0. The summed E-state index contributed by atoms with van der Waals surface area (Å²) in [5.41, 5.74) is 11.1. The Bertz CT molecular complexity index is 786. The number of nitrogens with one attached hydrogen (secondary N) is 1. The van der Waals surface area contributed by atoms with E-state index in [9.17, 15) is 14.7 Å². The summed E-state index contributed by atoms with van der Waals surface area (Å²) in [6, 6.07) is -0.740. The number of carbonyl (C=O) groups is 1. The fourth-order valence-electron chi connectivity index (χ4n) is 1.95. The lowest BCUT2D eigenvalue weighted by Gasteiger charge is -2.19. The third-order valence-corrected chi connectivity index (χ3v) is 3.55. The van der Waals surface area contributed by atoms with Gasteiger partial charge in [0.2, 0.25) is 5.95 Å². The maximum absolute atomic E-state index is 11.7. The molecular formula is C14H22N6O5. The van der Waals surface area contributed by atoms with E-state index in [0.29, 0.717) is 0 Å². The molecule has 0 radical (unpaired) electrons. The predicted molar refractivity (Wildman–Crippen MR) is 88.3 cm³/mol. The van der Waals surface area contributed by atoms with Crippen LogP contribution in [-0.4, -0.2) is 56.0 Å². The van der Waals surface area contributed by atoms with Crippen molar-refractivity contribution < 1.29 is 19.4 Å². The minimum absolute atomic E-state index is 0.0467.